The zero-order valence-corrected chi connectivity index (χ0v) is 19.6. The topological polar surface area (TPSA) is 91.4 Å². The molecule has 0 amide bonds. The highest BCUT2D eigenvalue weighted by Crippen LogP contribution is 2.35. The highest BCUT2D eigenvalue weighted by molar-refractivity contribution is 6.04. The molecular weight excluding hydrogens is 428 g/mol. The zero-order valence-electron chi connectivity index (χ0n) is 19.6. The van der Waals surface area contributed by atoms with Crippen LogP contribution in [-0.4, -0.2) is 65.1 Å². The number of nitrogens with one attached hydrogen (secondary N) is 2. The Morgan fingerprint density at radius 1 is 1.03 bits per heavy atom. The number of benzene rings is 2. The Labute approximate surface area is 198 Å². The summed E-state index contributed by atoms with van der Waals surface area (Å²) in [5.41, 5.74) is 8.24. The van der Waals surface area contributed by atoms with Crippen LogP contribution in [0, 0.1) is 0 Å². The highest BCUT2D eigenvalue weighted by atomic mass is 16.6. The maximum Gasteiger partial charge on any atom is 0.138 e. The van der Waals surface area contributed by atoms with Gasteiger partial charge < -0.3 is 19.5 Å². The van der Waals surface area contributed by atoms with Crippen LogP contribution >= 0.6 is 0 Å². The lowest BCUT2D eigenvalue weighted by Gasteiger charge is -2.11. The second-order valence-corrected chi connectivity index (χ2v) is 8.56. The number of H-pyrrole nitrogens is 2. The molecule has 0 atom stereocenters. The van der Waals surface area contributed by atoms with Gasteiger partial charge >= 0.3 is 0 Å². The SMILES string of the molecule is CON=C1CCc2cc(-c3[nH]c(-c4ccc(OCCN(C)C)cc4)nc3-c3cn[nH]c3)ccc21. The molecule has 5 rings (SSSR count). The second kappa shape index (κ2) is 9.52. The lowest BCUT2D eigenvalue weighted by molar-refractivity contribution is 0.213. The Hall–Kier alpha value is -3.91. The van der Waals surface area contributed by atoms with E-state index in [0.717, 1.165) is 70.3 Å². The molecule has 2 aromatic carbocycles. The van der Waals surface area contributed by atoms with Crippen molar-refractivity contribution in [3.8, 4) is 39.7 Å². The van der Waals surface area contributed by atoms with Crippen molar-refractivity contribution in [1.82, 2.24) is 25.1 Å². The summed E-state index contributed by atoms with van der Waals surface area (Å²) in [6.07, 6.45) is 5.49. The number of aromatic amines is 2. The van der Waals surface area contributed by atoms with Gasteiger partial charge in [0, 0.05) is 35.0 Å². The van der Waals surface area contributed by atoms with Crippen molar-refractivity contribution in [1.29, 1.82) is 0 Å². The van der Waals surface area contributed by atoms with Crippen LogP contribution in [0.1, 0.15) is 17.5 Å². The number of hydrogen-bond donors (Lipinski definition) is 2. The van der Waals surface area contributed by atoms with Crippen molar-refractivity contribution < 1.29 is 9.57 Å². The smallest absolute Gasteiger partial charge is 0.138 e. The van der Waals surface area contributed by atoms with Gasteiger partial charge in [-0.05, 0) is 62.8 Å². The molecule has 174 valence electrons. The van der Waals surface area contributed by atoms with E-state index in [2.05, 4.69) is 43.4 Å². The van der Waals surface area contributed by atoms with Crippen molar-refractivity contribution >= 4 is 5.71 Å². The summed E-state index contributed by atoms with van der Waals surface area (Å²) in [7, 11) is 5.66. The van der Waals surface area contributed by atoms with Gasteiger partial charge in [0.1, 0.15) is 25.3 Å². The van der Waals surface area contributed by atoms with E-state index in [9.17, 15) is 0 Å². The largest absolute Gasteiger partial charge is 0.492 e. The van der Waals surface area contributed by atoms with E-state index < -0.39 is 0 Å². The number of ether oxygens (including phenoxy) is 1. The van der Waals surface area contributed by atoms with E-state index in [1.165, 1.54) is 5.56 Å². The van der Waals surface area contributed by atoms with E-state index in [1.807, 2.05) is 44.6 Å². The van der Waals surface area contributed by atoms with E-state index in [0.29, 0.717) is 6.61 Å². The van der Waals surface area contributed by atoms with Crippen LogP contribution in [0.5, 0.6) is 5.75 Å². The minimum absolute atomic E-state index is 0.650. The van der Waals surface area contributed by atoms with Crippen molar-refractivity contribution in [2.75, 3.05) is 34.4 Å². The number of likely N-dealkylation sites (N-methyl/N-ethyl adjacent to an activating group) is 1. The molecule has 0 radical (unpaired) electrons. The molecule has 8 heteroatoms. The quantitative estimate of drug-likeness (QED) is 0.384. The van der Waals surface area contributed by atoms with E-state index in [-0.39, 0.29) is 0 Å². The molecule has 8 nitrogen and oxygen atoms in total. The summed E-state index contributed by atoms with van der Waals surface area (Å²) < 4.78 is 5.83. The van der Waals surface area contributed by atoms with Crippen LogP contribution in [0.3, 0.4) is 0 Å². The maximum atomic E-state index is 5.83. The van der Waals surface area contributed by atoms with E-state index >= 15 is 0 Å². The molecule has 0 bridgehead atoms. The number of nitrogens with zero attached hydrogens (tertiary/aromatic N) is 4. The molecule has 0 fully saturated rings. The molecule has 34 heavy (non-hydrogen) atoms. The summed E-state index contributed by atoms with van der Waals surface area (Å²) in [6, 6.07) is 14.5. The molecule has 4 aromatic rings. The molecule has 0 unspecified atom stereocenters. The monoisotopic (exact) mass is 456 g/mol. The zero-order chi connectivity index (χ0) is 23.5. The first-order valence-corrected chi connectivity index (χ1v) is 11.3. The summed E-state index contributed by atoms with van der Waals surface area (Å²) in [4.78, 5) is 15.6. The Morgan fingerprint density at radius 3 is 2.59 bits per heavy atom. The second-order valence-electron chi connectivity index (χ2n) is 8.56. The predicted molar refractivity (Wildman–Crippen MR) is 133 cm³/mol. The van der Waals surface area contributed by atoms with Crippen LogP contribution in [0.25, 0.3) is 33.9 Å². The van der Waals surface area contributed by atoms with Crippen LogP contribution < -0.4 is 4.74 Å². The highest BCUT2D eigenvalue weighted by Gasteiger charge is 2.21. The Balaban J connectivity index is 1.47. The molecule has 0 saturated heterocycles. The lowest BCUT2D eigenvalue weighted by Crippen LogP contribution is -2.19. The summed E-state index contributed by atoms with van der Waals surface area (Å²) >= 11 is 0. The van der Waals surface area contributed by atoms with Crippen molar-refractivity contribution in [3.63, 3.8) is 0 Å². The third-order valence-electron chi connectivity index (χ3n) is 5.95. The van der Waals surface area contributed by atoms with Gasteiger partial charge in [-0.1, -0.05) is 17.3 Å². The average Bonchev–Trinajstić information content (AvgIpc) is 3.59. The third-order valence-corrected chi connectivity index (χ3v) is 5.95. The number of oxime groups is 1. The Bertz CT molecular complexity index is 1290. The fraction of sp³-hybridized carbons (Fsp3) is 0.269. The van der Waals surface area contributed by atoms with Gasteiger partial charge in [-0.2, -0.15) is 5.10 Å². The number of aryl methyl sites for hydroxylation is 1. The lowest BCUT2D eigenvalue weighted by atomic mass is 10.0. The molecule has 1 aliphatic carbocycles. The summed E-state index contributed by atoms with van der Waals surface area (Å²) in [5, 5.41) is 11.2. The average molecular weight is 457 g/mol. The predicted octanol–water partition coefficient (Wildman–Crippen LogP) is 4.37. The first-order chi connectivity index (χ1) is 16.6. The van der Waals surface area contributed by atoms with Crippen molar-refractivity contribution in [3.05, 3.63) is 66.0 Å². The minimum atomic E-state index is 0.650. The Morgan fingerprint density at radius 2 is 1.85 bits per heavy atom. The standard InChI is InChI=1S/C26H28N6O2/c1-32(2)12-13-34-21-8-4-17(5-9-21)26-29-24(25(30-26)20-15-27-28-16-20)19-6-10-22-18(14-19)7-11-23(22)31-33-3/h4-6,8-10,14-16H,7,11-13H2,1-3H3,(H,27,28)(H,29,30). The number of aromatic nitrogens is 4. The van der Waals surface area contributed by atoms with Crippen molar-refractivity contribution in [2.45, 2.75) is 12.8 Å². The van der Waals surface area contributed by atoms with Gasteiger partial charge in [-0.25, -0.2) is 4.98 Å². The van der Waals surface area contributed by atoms with Gasteiger partial charge in [0.2, 0.25) is 0 Å². The molecule has 0 spiro atoms. The normalized spacial score (nSPS) is 14.1. The molecular formula is C26H28N6O2. The number of hydrogen-bond acceptors (Lipinski definition) is 6. The molecule has 0 aliphatic heterocycles. The van der Waals surface area contributed by atoms with Crippen LogP contribution in [0.2, 0.25) is 0 Å². The van der Waals surface area contributed by atoms with E-state index in [4.69, 9.17) is 14.6 Å². The Kier molecular flexibility index (Phi) is 6.14. The molecule has 2 N–H and O–H groups in total. The fourth-order valence-electron chi connectivity index (χ4n) is 4.19. The van der Waals surface area contributed by atoms with Crippen LogP contribution in [0.15, 0.2) is 60.0 Å². The van der Waals surface area contributed by atoms with Gasteiger partial charge in [-0.15, -0.1) is 0 Å². The summed E-state index contributed by atoms with van der Waals surface area (Å²) in [5.74, 6) is 1.65. The van der Waals surface area contributed by atoms with Gasteiger partial charge in [0.05, 0.1) is 23.3 Å². The van der Waals surface area contributed by atoms with Crippen molar-refractivity contribution in [2.24, 2.45) is 5.16 Å². The summed E-state index contributed by atoms with van der Waals surface area (Å²) in [6.45, 7) is 1.52. The number of rotatable bonds is 8. The molecule has 1 aliphatic rings. The van der Waals surface area contributed by atoms with Gasteiger partial charge in [0.15, 0.2) is 0 Å². The van der Waals surface area contributed by atoms with Crippen LogP contribution in [0.4, 0.5) is 0 Å². The maximum absolute atomic E-state index is 5.83. The minimum Gasteiger partial charge on any atom is -0.492 e. The first kappa shape index (κ1) is 21.9. The first-order valence-electron chi connectivity index (χ1n) is 11.3. The van der Waals surface area contributed by atoms with Crippen LogP contribution in [-0.2, 0) is 11.3 Å². The van der Waals surface area contributed by atoms with Gasteiger partial charge in [0.25, 0.3) is 0 Å². The molecule has 2 heterocycles. The molecule has 0 saturated carbocycles. The van der Waals surface area contributed by atoms with Gasteiger partial charge in [-0.3, -0.25) is 5.10 Å². The van der Waals surface area contributed by atoms with E-state index in [1.54, 1.807) is 13.3 Å². The number of fused-ring (bicyclic) bond motifs is 1. The fourth-order valence-corrected chi connectivity index (χ4v) is 4.19. The third kappa shape index (κ3) is 4.45. The number of imidazole rings is 1. The molecule has 2 aromatic heterocycles.